The van der Waals surface area contributed by atoms with E-state index in [0.717, 1.165) is 0 Å². The third kappa shape index (κ3) is 2.28. The van der Waals surface area contributed by atoms with E-state index < -0.39 is 24.8 Å². The minimum Gasteiger partial charge on any atom is -0.393 e. The van der Waals surface area contributed by atoms with Gasteiger partial charge in [0, 0.05) is 0 Å². The molecule has 5 heteroatoms. The maximum Gasteiger partial charge on any atom is 0.316 e. The van der Waals surface area contributed by atoms with Crippen LogP contribution in [0.5, 0.6) is 0 Å². The molecule has 0 aromatic rings. The van der Waals surface area contributed by atoms with Gasteiger partial charge in [-0.2, -0.15) is 0 Å². The molecule has 1 N–H and O–H groups in total. The average molecular weight is 160 g/mol. The lowest BCUT2D eigenvalue weighted by molar-refractivity contribution is -0.172. The van der Waals surface area contributed by atoms with Crippen LogP contribution in [-0.2, 0) is 19.1 Å². The number of rotatable bonds is 2. The van der Waals surface area contributed by atoms with Crippen LogP contribution in [0.25, 0.3) is 0 Å². The zero-order valence-corrected chi connectivity index (χ0v) is 5.78. The quantitative estimate of drug-likeness (QED) is 0.325. The molecule has 0 bridgehead atoms. The smallest absolute Gasteiger partial charge is 0.316 e. The first-order valence-corrected chi connectivity index (χ1v) is 3.18. The Morgan fingerprint density at radius 1 is 1.45 bits per heavy atom. The van der Waals surface area contributed by atoms with E-state index in [1.54, 1.807) is 0 Å². The van der Waals surface area contributed by atoms with Gasteiger partial charge in [-0.3, -0.25) is 9.59 Å². The van der Waals surface area contributed by atoms with Crippen LogP contribution < -0.4 is 0 Å². The minimum absolute atomic E-state index is 0.0340. The molecule has 0 unspecified atom stereocenters. The van der Waals surface area contributed by atoms with E-state index in [1.165, 1.54) is 0 Å². The van der Waals surface area contributed by atoms with Crippen LogP contribution in [-0.4, -0.2) is 29.9 Å². The molecule has 1 saturated heterocycles. The van der Waals surface area contributed by atoms with Crippen LogP contribution >= 0.6 is 0 Å². The summed E-state index contributed by atoms with van der Waals surface area (Å²) in [6.45, 7) is -0.481. The maximum absolute atomic E-state index is 10.6. The molecule has 1 aliphatic rings. The number of cyclic esters (lactones) is 2. The number of carbonyl (C=O) groups is 2. The molecule has 5 nitrogen and oxygen atoms in total. The Balaban J connectivity index is 2.43. The Kier molecular flexibility index (Phi) is 2.56. The van der Waals surface area contributed by atoms with Crippen LogP contribution in [0.2, 0.25) is 0 Å². The largest absolute Gasteiger partial charge is 0.393 e. The molecule has 0 aromatic carbocycles. The van der Waals surface area contributed by atoms with Crippen LogP contribution in [0.4, 0.5) is 0 Å². The number of hydrogen-bond acceptors (Lipinski definition) is 5. The fraction of sp³-hybridized carbons (Fsp3) is 0.667. The second-order valence-corrected chi connectivity index (χ2v) is 2.17. The van der Waals surface area contributed by atoms with Crippen LogP contribution in [0.1, 0.15) is 12.8 Å². The summed E-state index contributed by atoms with van der Waals surface area (Å²) in [5.74, 6) is -1.19. The molecule has 0 atom stereocenters. The van der Waals surface area contributed by atoms with E-state index in [2.05, 4.69) is 9.47 Å². The second-order valence-electron chi connectivity index (χ2n) is 2.17. The van der Waals surface area contributed by atoms with Gasteiger partial charge < -0.3 is 14.6 Å². The first kappa shape index (κ1) is 8.16. The number of esters is 2. The monoisotopic (exact) mass is 160 g/mol. The van der Waals surface area contributed by atoms with E-state index in [9.17, 15) is 9.59 Å². The van der Waals surface area contributed by atoms with Gasteiger partial charge in [0.05, 0.1) is 18.9 Å². The second kappa shape index (κ2) is 3.45. The van der Waals surface area contributed by atoms with Crippen molar-refractivity contribution in [3.63, 3.8) is 0 Å². The maximum atomic E-state index is 10.6. The van der Waals surface area contributed by atoms with E-state index in [-0.39, 0.29) is 12.8 Å². The van der Waals surface area contributed by atoms with Crippen LogP contribution in [0.3, 0.4) is 0 Å². The molecule has 1 heterocycles. The average Bonchev–Trinajstić information content (AvgIpc) is 1.85. The normalized spacial score (nSPS) is 20.1. The summed E-state index contributed by atoms with van der Waals surface area (Å²) in [7, 11) is 0. The Morgan fingerprint density at radius 3 is 2.45 bits per heavy atom. The lowest BCUT2D eigenvalue weighted by atomic mass is 10.1. The van der Waals surface area contributed by atoms with Crippen molar-refractivity contribution < 1.29 is 24.2 Å². The Bertz CT molecular complexity index is 160. The van der Waals surface area contributed by atoms with Gasteiger partial charge >= 0.3 is 11.9 Å². The number of carbonyl (C=O) groups excluding carboxylic acids is 2. The van der Waals surface area contributed by atoms with Crippen LogP contribution in [0.15, 0.2) is 0 Å². The van der Waals surface area contributed by atoms with Gasteiger partial charge in [-0.1, -0.05) is 0 Å². The summed E-state index contributed by atoms with van der Waals surface area (Å²) in [6.07, 6.45) is -0.452. The molecule has 1 aliphatic heterocycles. The van der Waals surface area contributed by atoms with Gasteiger partial charge in [0.15, 0.2) is 0 Å². The fourth-order valence-electron chi connectivity index (χ4n) is 0.878. The van der Waals surface area contributed by atoms with Crippen molar-refractivity contribution in [2.45, 2.75) is 18.9 Å². The molecule has 0 radical (unpaired) electrons. The van der Waals surface area contributed by atoms with Crippen molar-refractivity contribution in [2.75, 3.05) is 6.79 Å². The minimum atomic E-state index is -0.597. The summed E-state index contributed by atoms with van der Waals surface area (Å²) in [6, 6.07) is 0. The third-order valence-corrected chi connectivity index (χ3v) is 1.33. The van der Waals surface area contributed by atoms with E-state index in [4.69, 9.17) is 5.11 Å². The van der Waals surface area contributed by atoms with E-state index >= 15 is 0 Å². The van der Waals surface area contributed by atoms with E-state index in [1.807, 2.05) is 0 Å². The predicted molar refractivity (Wildman–Crippen MR) is 32.3 cm³/mol. The molecule has 1 rings (SSSR count). The van der Waals surface area contributed by atoms with Crippen molar-refractivity contribution in [3.8, 4) is 0 Å². The van der Waals surface area contributed by atoms with Crippen molar-refractivity contribution >= 4 is 11.9 Å². The number of aliphatic hydroxyl groups is 1. The first-order valence-electron chi connectivity index (χ1n) is 3.18. The summed E-state index contributed by atoms with van der Waals surface area (Å²) >= 11 is 0. The zero-order chi connectivity index (χ0) is 8.27. The standard InChI is InChI=1S/C6H8O5/c7-3-10-4-1-5(8)11-6(9)2-4/h4,7H,1-3H2. The molecular weight excluding hydrogens is 152 g/mol. The molecule has 0 saturated carbocycles. The summed E-state index contributed by atoms with van der Waals surface area (Å²) in [4.78, 5) is 21.1. The van der Waals surface area contributed by atoms with Crippen molar-refractivity contribution in [1.82, 2.24) is 0 Å². The molecule has 0 spiro atoms. The van der Waals surface area contributed by atoms with Gasteiger partial charge in [-0.05, 0) is 0 Å². The van der Waals surface area contributed by atoms with Crippen molar-refractivity contribution in [1.29, 1.82) is 0 Å². The molecule has 0 aliphatic carbocycles. The highest BCUT2D eigenvalue weighted by molar-refractivity contribution is 5.88. The summed E-state index contributed by atoms with van der Waals surface area (Å²) < 4.78 is 8.88. The topological polar surface area (TPSA) is 72.8 Å². The predicted octanol–water partition coefficient (Wildman–Crippen LogP) is -0.815. The SMILES string of the molecule is O=C1CC(OCO)CC(=O)O1. The lowest BCUT2D eigenvalue weighted by Crippen LogP contribution is -2.31. The van der Waals surface area contributed by atoms with Crippen LogP contribution in [0, 0.1) is 0 Å². The highest BCUT2D eigenvalue weighted by Crippen LogP contribution is 2.12. The molecular formula is C6H8O5. The summed E-state index contributed by atoms with van der Waals surface area (Å²) in [5, 5.41) is 8.31. The molecule has 0 aromatic heterocycles. The Labute approximate surface area is 62.9 Å². The number of ether oxygens (including phenoxy) is 2. The van der Waals surface area contributed by atoms with Gasteiger partial charge in [0.25, 0.3) is 0 Å². The lowest BCUT2D eigenvalue weighted by Gasteiger charge is -2.18. The van der Waals surface area contributed by atoms with Crippen molar-refractivity contribution in [3.05, 3.63) is 0 Å². The third-order valence-electron chi connectivity index (χ3n) is 1.33. The highest BCUT2D eigenvalue weighted by Gasteiger charge is 2.27. The molecule has 62 valence electrons. The molecule has 0 amide bonds. The number of hydrogen-bond donors (Lipinski definition) is 1. The van der Waals surface area contributed by atoms with Gasteiger partial charge in [0.1, 0.15) is 6.79 Å². The summed E-state index contributed by atoms with van der Waals surface area (Å²) in [5.41, 5.74) is 0. The molecule has 1 fully saturated rings. The van der Waals surface area contributed by atoms with E-state index in [0.29, 0.717) is 0 Å². The van der Waals surface area contributed by atoms with Gasteiger partial charge in [-0.15, -0.1) is 0 Å². The number of aliphatic hydroxyl groups excluding tert-OH is 1. The fourth-order valence-corrected chi connectivity index (χ4v) is 0.878. The molecule has 11 heavy (non-hydrogen) atoms. The Morgan fingerprint density at radius 2 is 2.00 bits per heavy atom. The highest BCUT2D eigenvalue weighted by atomic mass is 16.6. The van der Waals surface area contributed by atoms with Gasteiger partial charge in [-0.25, -0.2) is 0 Å². The Hall–Kier alpha value is -0.940. The van der Waals surface area contributed by atoms with Gasteiger partial charge in [0.2, 0.25) is 0 Å². The zero-order valence-electron chi connectivity index (χ0n) is 5.78. The first-order chi connectivity index (χ1) is 5.22. The van der Waals surface area contributed by atoms with Crippen molar-refractivity contribution in [2.24, 2.45) is 0 Å².